The summed E-state index contributed by atoms with van der Waals surface area (Å²) >= 11 is 1.15. The van der Waals surface area contributed by atoms with E-state index in [0.717, 1.165) is 24.2 Å². The Morgan fingerprint density at radius 1 is 1.10 bits per heavy atom. The van der Waals surface area contributed by atoms with E-state index in [9.17, 15) is 19.7 Å². The number of non-ortho nitro benzene ring substituents is 1. The van der Waals surface area contributed by atoms with Gasteiger partial charge in [0.25, 0.3) is 11.6 Å². The maximum absolute atomic E-state index is 12.5. The molecule has 0 aliphatic rings. The molecule has 2 amide bonds. The fourth-order valence-electron chi connectivity index (χ4n) is 2.58. The van der Waals surface area contributed by atoms with Crippen molar-refractivity contribution in [2.75, 3.05) is 10.6 Å². The Kier molecular flexibility index (Phi) is 6.81. The average molecular weight is 425 g/mol. The van der Waals surface area contributed by atoms with Gasteiger partial charge in [-0.3, -0.25) is 25.0 Å². The molecule has 2 aromatic carbocycles. The van der Waals surface area contributed by atoms with E-state index in [1.807, 2.05) is 6.92 Å². The van der Waals surface area contributed by atoms with Gasteiger partial charge in [-0.15, -0.1) is 10.2 Å². The van der Waals surface area contributed by atoms with Crippen LogP contribution in [0.1, 0.15) is 36.5 Å². The molecule has 0 saturated carbocycles. The predicted molar refractivity (Wildman–Crippen MR) is 115 cm³/mol. The summed E-state index contributed by atoms with van der Waals surface area (Å²) in [4.78, 5) is 34.7. The number of nitro benzene ring substituents is 1. The zero-order valence-electron chi connectivity index (χ0n) is 16.1. The zero-order chi connectivity index (χ0) is 21.5. The van der Waals surface area contributed by atoms with Crippen LogP contribution in [0.25, 0.3) is 10.6 Å². The van der Waals surface area contributed by atoms with Crippen LogP contribution in [-0.4, -0.2) is 26.9 Å². The summed E-state index contributed by atoms with van der Waals surface area (Å²) in [5.74, 6) is -0.475. The Bertz CT molecular complexity index is 1070. The van der Waals surface area contributed by atoms with Gasteiger partial charge < -0.3 is 5.32 Å². The second kappa shape index (κ2) is 9.70. The first-order chi connectivity index (χ1) is 14.5. The molecule has 9 nitrogen and oxygen atoms in total. The number of nitrogens with one attached hydrogen (secondary N) is 2. The van der Waals surface area contributed by atoms with Gasteiger partial charge >= 0.3 is 0 Å². The van der Waals surface area contributed by atoms with Gasteiger partial charge in [0.1, 0.15) is 5.01 Å². The van der Waals surface area contributed by atoms with Crippen molar-refractivity contribution in [1.29, 1.82) is 0 Å². The van der Waals surface area contributed by atoms with Crippen LogP contribution in [0.4, 0.5) is 16.5 Å². The van der Waals surface area contributed by atoms with Gasteiger partial charge in [0.15, 0.2) is 0 Å². The summed E-state index contributed by atoms with van der Waals surface area (Å²) in [6.07, 6.45) is 2.17. The number of hydrogen-bond acceptors (Lipinski definition) is 7. The number of rotatable bonds is 8. The van der Waals surface area contributed by atoms with Crippen LogP contribution in [-0.2, 0) is 4.79 Å². The summed E-state index contributed by atoms with van der Waals surface area (Å²) in [7, 11) is 0. The largest absolute Gasteiger partial charge is 0.326 e. The quantitative estimate of drug-likeness (QED) is 0.404. The normalized spacial score (nSPS) is 10.4. The minimum absolute atomic E-state index is 0.0153. The first-order valence-electron chi connectivity index (χ1n) is 9.26. The monoisotopic (exact) mass is 425 g/mol. The highest BCUT2D eigenvalue weighted by Crippen LogP contribution is 2.28. The van der Waals surface area contributed by atoms with Gasteiger partial charge in [0.05, 0.1) is 4.92 Å². The Balaban J connectivity index is 1.66. The molecule has 3 rings (SSSR count). The van der Waals surface area contributed by atoms with E-state index in [0.29, 0.717) is 33.4 Å². The molecule has 0 unspecified atom stereocenters. The van der Waals surface area contributed by atoms with Crippen molar-refractivity contribution in [3.63, 3.8) is 0 Å². The van der Waals surface area contributed by atoms with Gasteiger partial charge in [-0.2, -0.15) is 0 Å². The van der Waals surface area contributed by atoms with Crippen LogP contribution >= 0.6 is 11.3 Å². The molecule has 0 fully saturated rings. The van der Waals surface area contributed by atoms with Gasteiger partial charge in [0, 0.05) is 35.4 Å². The molecule has 0 radical (unpaired) electrons. The average Bonchev–Trinajstić information content (AvgIpc) is 3.21. The second-order valence-electron chi connectivity index (χ2n) is 6.40. The fraction of sp³-hybridized carbons (Fsp3) is 0.200. The molecule has 154 valence electrons. The van der Waals surface area contributed by atoms with Gasteiger partial charge in [-0.1, -0.05) is 30.7 Å². The van der Waals surface area contributed by atoms with E-state index in [-0.39, 0.29) is 17.5 Å². The highest BCUT2D eigenvalue weighted by Gasteiger charge is 2.13. The molecule has 0 bridgehead atoms. The smallest absolute Gasteiger partial charge is 0.269 e. The molecule has 1 aromatic heterocycles. The van der Waals surface area contributed by atoms with Crippen molar-refractivity contribution in [2.24, 2.45) is 0 Å². The third kappa shape index (κ3) is 5.45. The number of aromatic nitrogens is 2. The molecule has 0 saturated heterocycles. The van der Waals surface area contributed by atoms with Crippen molar-refractivity contribution in [3.05, 3.63) is 64.2 Å². The van der Waals surface area contributed by atoms with Gasteiger partial charge in [0.2, 0.25) is 11.0 Å². The van der Waals surface area contributed by atoms with Crippen LogP contribution in [0.2, 0.25) is 0 Å². The van der Waals surface area contributed by atoms with Gasteiger partial charge in [-0.25, -0.2) is 0 Å². The van der Waals surface area contributed by atoms with E-state index in [2.05, 4.69) is 20.8 Å². The number of unbranched alkanes of at least 4 members (excludes halogenated alkanes) is 1. The summed E-state index contributed by atoms with van der Waals surface area (Å²) in [6, 6.07) is 12.6. The molecular formula is C20H19N5O4S. The third-order valence-electron chi connectivity index (χ3n) is 4.14. The number of amides is 2. The van der Waals surface area contributed by atoms with E-state index < -0.39 is 4.92 Å². The van der Waals surface area contributed by atoms with Crippen LogP contribution in [0, 0.1) is 10.1 Å². The zero-order valence-corrected chi connectivity index (χ0v) is 16.9. The van der Waals surface area contributed by atoms with E-state index in [1.165, 1.54) is 12.1 Å². The molecule has 0 spiro atoms. The molecule has 3 aromatic rings. The van der Waals surface area contributed by atoms with Crippen LogP contribution in [0.15, 0.2) is 48.5 Å². The predicted octanol–water partition coefficient (Wildman–Crippen LogP) is 4.49. The fourth-order valence-corrected chi connectivity index (χ4v) is 3.33. The Hall–Kier alpha value is -3.66. The first-order valence-corrected chi connectivity index (χ1v) is 10.1. The number of anilines is 2. The maximum atomic E-state index is 12.5. The number of nitrogens with zero attached hydrogens (tertiary/aromatic N) is 3. The lowest BCUT2D eigenvalue weighted by Gasteiger charge is -2.07. The molecular weight excluding hydrogens is 406 g/mol. The number of benzene rings is 2. The first kappa shape index (κ1) is 21.1. The van der Waals surface area contributed by atoms with Crippen LogP contribution in [0.5, 0.6) is 0 Å². The molecule has 0 atom stereocenters. The second-order valence-corrected chi connectivity index (χ2v) is 7.38. The molecule has 0 aliphatic carbocycles. The highest BCUT2D eigenvalue weighted by atomic mass is 32.1. The molecule has 10 heteroatoms. The summed E-state index contributed by atoms with van der Waals surface area (Å²) in [5, 5.41) is 25.0. The lowest BCUT2D eigenvalue weighted by atomic mass is 10.2. The van der Waals surface area contributed by atoms with Crippen molar-refractivity contribution < 1.29 is 14.5 Å². The molecule has 30 heavy (non-hydrogen) atoms. The molecule has 0 aliphatic heterocycles. The summed E-state index contributed by atoms with van der Waals surface area (Å²) in [6.45, 7) is 2.01. The topological polar surface area (TPSA) is 127 Å². The van der Waals surface area contributed by atoms with E-state index in [4.69, 9.17) is 0 Å². The third-order valence-corrected chi connectivity index (χ3v) is 5.02. The van der Waals surface area contributed by atoms with Crippen molar-refractivity contribution in [1.82, 2.24) is 10.2 Å². The number of carbonyl (C=O) groups excluding carboxylic acids is 2. The Morgan fingerprint density at radius 2 is 1.87 bits per heavy atom. The minimum atomic E-state index is -0.476. The van der Waals surface area contributed by atoms with Crippen molar-refractivity contribution >= 4 is 39.7 Å². The van der Waals surface area contributed by atoms with Crippen LogP contribution < -0.4 is 10.6 Å². The number of nitro groups is 1. The minimum Gasteiger partial charge on any atom is -0.326 e. The molecule has 1 heterocycles. The Morgan fingerprint density at radius 3 is 2.57 bits per heavy atom. The standard InChI is InChI=1S/C20H19N5O4S/c1-2-3-7-17(26)21-15-6-4-5-14(12-15)18(27)22-20-24-23-19(30-20)13-8-10-16(11-9-13)25(28)29/h4-6,8-12H,2-3,7H2,1H3,(H,21,26)(H,22,24,27). The van der Waals surface area contributed by atoms with E-state index >= 15 is 0 Å². The molecule has 2 N–H and O–H groups in total. The maximum Gasteiger partial charge on any atom is 0.269 e. The lowest BCUT2D eigenvalue weighted by Crippen LogP contribution is -2.14. The highest BCUT2D eigenvalue weighted by molar-refractivity contribution is 7.18. The number of hydrogen-bond donors (Lipinski definition) is 2. The lowest BCUT2D eigenvalue weighted by molar-refractivity contribution is -0.384. The van der Waals surface area contributed by atoms with Crippen LogP contribution in [0.3, 0.4) is 0 Å². The van der Waals surface area contributed by atoms with Crippen molar-refractivity contribution in [2.45, 2.75) is 26.2 Å². The Labute approximate surface area is 176 Å². The summed E-state index contributed by atoms with van der Waals surface area (Å²) < 4.78 is 0. The summed E-state index contributed by atoms with van der Waals surface area (Å²) in [5.41, 5.74) is 1.57. The van der Waals surface area contributed by atoms with E-state index in [1.54, 1.807) is 36.4 Å². The SMILES string of the molecule is CCCCC(=O)Nc1cccc(C(=O)Nc2nnc(-c3ccc([N+](=O)[O-])cc3)s2)c1. The van der Waals surface area contributed by atoms with Gasteiger partial charge in [-0.05, 0) is 36.8 Å². The number of carbonyl (C=O) groups is 2. The van der Waals surface area contributed by atoms with Crippen molar-refractivity contribution in [3.8, 4) is 10.6 Å².